The number of aliphatic hydroxyl groups is 1. The van der Waals surface area contributed by atoms with E-state index in [4.69, 9.17) is 4.74 Å². The van der Waals surface area contributed by atoms with Crippen molar-refractivity contribution in [2.45, 2.75) is 24.5 Å². The molecule has 0 aromatic rings. The Balaban J connectivity index is 1.96. The molecule has 2 heterocycles. The van der Waals surface area contributed by atoms with E-state index in [1.54, 1.807) is 0 Å². The summed E-state index contributed by atoms with van der Waals surface area (Å²) in [4.78, 5) is 0. The predicted molar refractivity (Wildman–Crippen MR) is 36.8 cm³/mol. The van der Waals surface area contributed by atoms with E-state index >= 15 is 0 Å². The molecule has 0 radical (unpaired) electrons. The zero-order valence-corrected chi connectivity index (χ0v) is 5.97. The van der Waals surface area contributed by atoms with E-state index in [1.165, 1.54) is 6.42 Å². The minimum absolute atomic E-state index is 0.293. The molecule has 1 atom stereocenters. The van der Waals surface area contributed by atoms with E-state index in [2.05, 4.69) is 5.32 Å². The van der Waals surface area contributed by atoms with E-state index in [0.29, 0.717) is 19.3 Å². The molecule has 0 amide bonds. The van der Waals surface area contributed by atoms with Crippen molar-refractivity contribution in [1.29, 1.82) is 0 Å². The largest absolute Gasteiger partial charge is 0.383 e. The number of ether oxygens (including phenoxy) is 1. The van der Waals surface area contributed by atoms with Crippen LogP contribution in [0, 0.1) is 0 Å². The lowest BCUT2D eigenvalue weighted by Gasteiger charge is -2.41. The summed E-state index contributed by atoms with van der Waals surface area (Å²) >= 11 is 0. The molecule has 2 aliphatic heterocycles. The average molecular weight is 143 g/mol. The summed E-state index contributed by atoms with van der Waals surface area (Å²) in [5.41, 5.74) is -0.531. The van der Waals surface area contributed by atoms with Gasteiger partial charge in [0.1, 0.15) is 5.60 Å². The highest BCUT2D eigenvalue weighted by atomic mass is 16.5. The van der Waals surface area contributed by atoms with Gasteiger partial charge in [0, 0.05) is 6.04 Å². The standard InChI is InChI=1S/C7H13NO2/c9-7(4-10-5-7)6-2-1-3-8-6/h6,8-9H,1-5H2/t6-/m0/s1. The summed E-state index contributed by atoms with van der Waals surface area (Å²) in [5, 5.41) is 13.0. The molecule has 10 heavy (non-hydrogen) atoms. The van der Waals surface area contributed by atoms with Gasteiger partial charge in [-0.3, -0.25) is 0 Å². The van der Waals surface area contributed by atoms with Crippen molar-refractivity contribution in [3.63, 3.8) is 0 Å². The average Bonchev–Trinajstić information content (AvgIpc) is 2.33. The maximum absolute atomic E-state index is 9.72. The number of hydrogen-bond donors (Lipinski definition) is 2. The van der Waals surface area contributed by atoms with Crippen LogP contribution in [0.25, 0.3) is 0 Å². The summed E-state index contributed by atoms with van der Waals surface area (Å²) in [7, 11) is 0. The highest BCUT2D eigenvalue weighted by Crippen LogP contribution is 2.26. The summed E-state index contributed by atoms with van der Waals surface area (Å²) in [5.74, 6) is 0. The fourth-order valence-electron chi connectivity index (χ4n) is 1.66. The molecular weight excluding hydrogens is 130 g/mol. The molecule has 58 valence electrons. The van der Waals surface area contributed by atoms with Gasteiger partial charge in [-0.05, 0) is 19.4 Å². The molecule has 0 aromatic heterocycles. The molecule has 0 unspecified atom stereocenters. The Morgan fingerprint density at radius 2 is 2.30 bits per heavy atom. The summed E-state index contributed by atoms with van der Waals surface area (Å²) < 4.78 is 4.96. The lowest BCUT2D eigenvalue weighted by Crippen LogP contribution is -2.61. The third kappa shape index (κ3) is 0.856. The minimum Gasteiger partial charge on any atom is -0.383 e. The molecule has 2 saturated heterocycles. The van der Waals surface area contributed by atoms with Crippen molar-refractivity contribution < 1.29 is 9.84 Å². The van der Waals surface area contributed by atoms with Crippen LogP contribution in [0.4, 0.5) is 0 Å². The molecule has 0 spiro atoms. The monoisotopic (exact) mass is 143 g/mol. The zero-order valence-electron chi connectivity index (χ0n) is 5.97. The lowest BCUT2D eigenvalue weighted by atomic mass is 9.91. The van der Waals surface area contributed by atoms with E-state index in [0.717, 1.165) is 13.0 Å². The van der Waals surface area contributed by atoms with Crippen LogP contribution >= 0.6 is 0 Å². The first-order valence-corrected chi connectivity index (χ1v) is 3.85. The Kier molecular flexibility index (Phi) is 1.44. The first-order chi connectivity index (χ1) is 4.81. The quantitative estimate of drug-likeness (QED) is 0.520. The highest BCUT2D eigenvalue weighted by molar-refractivity contribution is 4.98. The fraction of sp³-hybridized carbons (Fsp3) is 1.00. The van der Waals surface area contributed by atoms with Crippen molar-refractivity contribution in [3.05, 3.63) is 0 Å². The van der Waals surface area contributed by atoms with E-state index in [9.17, 15) is 5.11 Å². The second-order valence-electron chi connectivity index (χ2n) is 3.25. The van der Waals surface area contributed by atoms with Crippen LogP contribution in [-0.4, -0.2) is 36.5 Å². The first kappa shape index (κ1) is 6.58. The van der Waals surface area contributed by atoms with Crippen molar-refractivity contribution in [1.82, 2.24) is 5.32 Å². The number of hydrogen-bond acceptors (Lipinski definition) is 3. The second kappa shape index (κ2) is 2.19. The highest BCUT2D eigenvalue weighted by Gasteiger charge is 2.44. The van der Waals surface area contributed by atoms with Gasteiger partial charge in [-0.2, -0.15) is 0 Å². The molecular formula is C7H13NO2. The maximum Gasteiger partial charge on any atom is 0.126 e. The zero-order chi connectivity index (χ0) is 7.03. The lowest BCUT2D eigenvalue weighted by molar-refractivity contribution is -0.192. The topological polar surface area (TPSA) is 41.5 Å². The van der Waals surface area contributed by atoms with Gasteiger partial charge in [0.05, 0.1) is 13.2 Å². The van der Waals surface area contributed by atoms with Gasteiger partial charge in [0.25, 0.3) is 0 Å². The Hall–Kier alpha value is -0.120. The first-order valence-electron chi connectivity index (χ1n) is 3.85. The van der Waals surface area contributed by atoms with Crippen LogP contribution in [-0.2, 0) is 4.74 Å². The molecule has 0 bridgehead atoms. The Morgan fingerprint density at radius 1 is 1.50 bits per heavy atom. The van der Waals surface area contributed by atoms with Gasteiger partial charge in [-0.15, -0.1) is 0 Å². The molecule has 0 aromatic carbocycles. The molecule has 3 nitrogen and oxygen atoms in total. The Bertz CT molecular complexity index is 128. The molecule has 3 heteroatoms. The number of nitrogens with one attached hydrogen (secondary N) is 1. The van der Waals surface area contributed by atoms with Crippen LogP contribution in [0.2, 0.25) is 0 Å². The van der Waals surface area contributed by atoms with Gasteiger partial charge in [0.15, 0.2) is 0 Å². The molecule has 2 fully saturated rings. The van der Waals surface area contributed by atoms with Crippen molar-refractivity contribution in [3.8, 4) is 0 Å². The molecule has 2 N–H and O–H groups in total. The van der Waals surface area contributed by atoms with E-state index in [-0.39, 0.29) is 0 Å². The van der Waals surface area contributed by atoms with Crippen LogP contribution in [0.5, 0.6) is 0 Å². The van der Waals surface area contributed by atoms with Gasteiger partial charge in [-0.25, -0.2) is 0 Å². The molecule has 0 aliphatic carbocycles. The van der Waals surface area contributed by atoms with Gasteiger partial charge in [0.2, 0.25) is 0 Å². The van der Waals surface area contributed by atoms with E-state index < -0.39 is 5.60 Å². The van der Waals surface area contributed by atoms with Crippen molar-refractivity contribution >= 4 is 0 Å². The van der Waals surface area contributed by atoms with Crippen LogP contribution in [0.15, 0.2) is 0 Å². The summed E-state index contributed by atoms with van der Waals surface area (Å²) in [6.07, 6.45) is 2.28. The maximum atomic E-state index is 9.72. The SMILES string of the molecule is OC1([C@@H]2CCCN2)COC1. The van der Waals surface area contributed by atoms with Crippen LogP contribution in [0.1, 0.15) is 12.8 Å². The van der Waals surface area contributed by atoms with Crippen molar-refractivity contribution in [2.75, 3.05) is 19.8 Å². The normalized spacial score (nSPS) is 37.5. The predicted octanol–water partition coefficient (Wildman–Crippen LogP) is -0.500. The van der Waals surface area contributed by atoms with Gasteiger partial charge >= 0.3 is 0 Å². The Labute approximate surface area is 60.4 Å². The third-order valence-electron chi connectivity index (χ3n) is 2.41. The van der Waals surface area contributed by atoms with Crippen molar-refractivity contribution in [2.24, 2.45) is 0 Å². The molecule has 2 aliphatic rings. The molecule has 2 rings (SSSR count). The van der Waals surface area contributed by atoms with Crippen LogP contribution in [0.3, 0.4) is 0 Å². The third-order valence-corrected chi connectivity index (χ3v) is 2.41. The van der Waals surface area contributed by atoms with Gasteiger partial charge in [-0.1, -0.05) is 0 Å². The number of rotatable bonds is 1. The fourth-order valence-corrected chi connectivity index (χ4v) is 1.66. The molecule has 0 saturated carbocycles. The Morgan fingerprint density at radius 3 is 2.70 bits per heavy atom. The van der Waals surface area contributed by atoms with E-state index in [1.807, 2.05) is 0 Å². The van der Waals surface area contributed by atoms with Gasteiger partial charge < -0.3 is 15.2 Å². The van der Waals surface area contributed by atoms with Crippen LogP contribution < -0.4 is 5.32 Å². The smallest absolute Gasteiger partial charge is 0.126 e. The summed E-state index contributed by atoms with van der Waals surface area (Å²) in [6.45, 7) is 2.09. The summed E-state index contributed by atoms with van der Waals surface area (Å²) in [6, 6.07) is 0.293. The minimum atomic E-state index is -0.531. The second-order valence-corrected chi connectivity index (χ2v) is 3.25.